The molecule has 1 atom stereocenters. The maximum Gasteiger partial charge on any atom is 0.256 e. The molecule has 0 bridgehead atoms. The molecule has 0 saturated heterocycles. The van der Waals surface area contributed by atoms with E-state index in [1.165, 1.54) is 25.3 Å². The van der Waals surface area contributed by atoms with E-state index in [4.69, 9.17) is 4.74 Å². The Morgan fingerprint density at radius 1 is 1.11 bits per heavy atom. The molecule has 0 aliphatic heterocycles. The second-order valence-corrected chi connectivity index (χ2v) is 8.89. The number of fused-ring (bicyclic) bond motifs is 1. The first-order valence-corrected chi connectivity index (χ1v) is 11.6. The van der Waals surface area contributed by atoms with Crippen LogP contribution in [0.1, 0.15) is 39.8 Å². The van der Waals surface area contributed by atoms with Gasteiger partial charge in [-0.2, -0.15) is 0 Å². The average Bonchev–Trinajstić information content (AvgIpc) is 3.23. The van der Waals surface area contributed by atoms with Crippen molar-refractivity contribution in [3.05, 3.63) is 89.5 Å². The summed E-state index contributed by atoms with van der Waals surface area (Å²) < 4.78 is 18.7. The minimum atomic E-state index is -0.549. The summed E-state index contributed by atoms with van der Waals surface area (Å²) in [6, 6.07) is 17.1. The highest BCUT2D eigenvalue weighted by Crippen LogP contribution is 2.40. The number of H-pyrrole nitrogens is 1. The zero-order valence-corrected chi connectivity index (χ0v) is 19.9. The lowest BCUT2D eigenvalue weighted by Gasteiger charge is -2.18. The number of methoxy groups -OCH3 is 1. The van der Waals surface area contributed by atoms with Crippen molar-refractivity contribution in [2.45, 2.75) is 19.8 Å². The van der Waals surface area contributed by atoms with E-state index >= 15 is 0 Å². The number of benzene rings is 2. The summed E-state index contributed by atoms with van der Waals surface area (Å²) in [5.74, 6) is -0.350. The molecule has 2 aromatic heterocycles. The van der Waals surface area contributed by atoms with Gasteiger partial charge in [0.15, 0.2) is 17.3 Å². The van der Waals surface area contributed by atoms with Crippen molar-refractivity contribution in [3.8, 4) is 17.0 Å². The van der Waals surface area contributed by atoms with E-state index in [0.717, 1.165) is 29.1 Å². The van der Waals surface area contributed by atoms with Crippen molar-refractivity contribution in [2.24, 2.45) is 5.92 Å². The number of rotatable bonds is 6. The second-order valence-electron chi connectivity index (χ2n) is 8.89. The minimum absolute atomic E-state index is 0.0168. The molecule has 1 amide bonds. The van der Waals surface area contributed by atoms with Gasteiger partial charge in [0.1, 0.15) is 5.82 Å². The number of nitrogens with one attached hydrogen (secondary N) is 3. The van der Waals surface area contributed by atoms with Crippen molar-refractivity contribution in [2.75, 3.05) is 17.7 Å². The fraction of sp³-hybridized carbons (Fsp3) is 0.179. The fourth-order valence-corrected chi connectivity index (χ4v) is 4.50. The first-order valence-electron chi connectivity index (χ1n) is 11.6. The van der Waals surface area contributed by atoms with Crippen LogP contribution in [0, 0.1) is 11.7 Å². The molecule has 2 aromatic carbocycles. The van der Waals surface area contributed by atoms with Gasteiger partial charge in [-0.25, -0.2) is 9.37 Å². The Hall–Kier alpha value is -4.46. The van der Waals surface area contributed by atoms with Crippen LogP contribution in [-0.2, 0) is 6.42 Å². The number of anilines is 3. The van der Waals surface area contributed by atoms with E-state index in [0.29, 0.717) is 23.5 Å². The van der Waals surface area contributed by atoms with Crippen molar-refractivity contribution in [3.63, 3.8) is 0 Å². The van der Waals surface area contributed by atoms with Gasteiger partial charge in [-0.1, -0.05) is 25.1 Å². The van der Waals surface area contributed by atoms with E-state index < -0.39 is 11.7 Å². The largest absolute Gasteiger partial charge is 0.494 e. The molecule has 1 aliphatic rings. The van der Waals surface area contributed by atoms with Crippen LogP contribution >= 0.6 is 0 Å². The first kappa shape index (κ1) is 23.3. The summed E-state index contributed by atoms with van der Waals surface area (Å²) in [5, 5.41) is 6.18. The molecule has 182 valence electrons. The number of aromatic amines is 1. The van der Waals surface area contributed by atoms with E-state index in [-0.39, 0.29) is 23.0 Å². The van der Waals surface area contributed by atoms with Gasteiger partial charge < -0.3 is 20.4 Å². The van der Waals surface area contributed by atoms with E-state index in [2.05, 4.69) is 27.5 Å². The van der Waals surface area contributed by atoms with Gasteiger partial charge in [0.05, 0.1) is 24.1 Å². The molecule has 5 rings (SSSR count). The van der Waals surface area contributed by atoms with Gasteiger partial charge in [-0.05, 0) is 54.8 Å². The third-order valence-corrected chi connectivity index (χ3v) is 6.19. The number of aromatic nitrogens is 2. The highest BCUT2D eigenvalue weighted by atomic mass is 19.1. The number of pyridine rings is 1. The lowest BCUT2D eigenvalue weighted by atomic mass is 9.87. The van der Waals surface area contributed by atoms with Crippen LogP contribution in [0.3, 0.4) is 0 Å². The molecule has 0 fully saturated rings. The molecule has 2 heterocycles. The number of amides is 1. The lowest BCUT2D eigenvalue weighted by Crippen LogP contribution is -2.17. The summed E-state index contributed by atoms with van der Waals surface area (Å²) in [5.41, 5.74) is 4.88. The van der Waals surface area contributed by atoms with Crippen molar-refractivity contribution < 1.29 is 18.7 Å². The topological polar surface area (TPSA) is 96.1 Å². The highest BCUT2D eigenvalue weighted by Gasteiger charge is 2.30. The molecule has 4 aromatic rings. The molecule has 0 radical (unpaired) electrons. The second kappa shape index (κ2) is 9.65. The van der Waals surface area contributed by atoms with Crippen LogP contribution in [-0.4, -0.2) is 28.8 Å². The van der Waals surface area contributed by atoms with Gasteiger partial charge in [-0.15, -0.1) is 0 Å². The van der Waals surface area contributed by atoms with Gasteiger partial charge in [0.25, 0.3) is 5.91 Å². The number of ether oxygens (including phenoxy) is 1. The lowest BCUT2D eigenvalue weighted by molar-refractivity contribution is 0.0953. The number of nitrogens with zero attached hydrogens (tertiary/aromatic N) is 1. The van der Waals surface area contributed by atoms with Crippen LogP contribution in [0.25, 0.3) is 11.3 Å². The molecule has 7 nitrogen and oxygen atoms in total. The number of hydrogen-bond donors (Lipinski definition) is 3. The molecular formula is C28H25FN4O3. The molecule has 1 aliphatic carbocycles. The number of para-hydroxylation sites is 1. The number of halogens is 1. The Balaban J connectivity index is 1.50. The number of carbonyl (C=O) groups is 2. The maximum absolute atomic E-state index is 13.7. The SMILES string of the molecule is COc1cc(C(=O)Nc2cc(-c3[nH]c4c(c3Nc3ccccc3)C(=O)CC(C)C4)ccn2)ccc1F. The summed E-state index contributed by atoms with van der Waals surface area (Å²) in [4.78, 5) is 33.6. The van der Waals surface area contributed by atoms with Gasteiger partial charge >= 0.3 is 0 Å². The fourth-order valence-electron chi connectivity index (χ4n) is 4.50. The molecule has 36 heavy (non-hydrogen) atoms. The summed E-state index contributed by atoms with van der Waals surface area (Å²) >= 11 is 0. The van der Waals surface area contributed by atoms with Crippen LogP contribution in [0.5, 0.6) is 5.75 Å². The van der Waals surface area contributed by atoms with E-state index in [9.17, 15) is 14.0 Å². The third-order valence-electron chi connectivity index (χ3n) is 6.19. The Bertz CT molecular complexity index is 1450. The monoisotopic (exact) mass is 484 g/mol. The molecule has 0 spiro atoms. The normalized spacial score (nSPS) is 14.8. The zero-order valence-electron chi connectivity index (χ0n) is 19.9. The first-order chi connectivity index (χ1) is 17.4. The third kappa shape index (κ3) is 4.57. The summed E-state index contributed by atoms with van der Waals surface area (Å²) in [7, 11) is 1.34. The highest BCUT2D eigenvalue weighted by molar-refractivity contribution is 6.08. The van der Waals surface area contributed by atoms with Gasteiger partial charge in [0, 0.05) is 35.1 Å². The van der Waals surface area contributed by atoms with Crippen LogP contribution in [0.4, 0.5) is 21.6 Å². The average molecular weight is 485 g/mol. The minimum Gasteiger partial charge on any atom is -0.494 e. The zero-order chi connectivity index (χ0) is 25.2. The van der Waals surface area contributed by atoms with Crippen molar-refractivity contribution in [1.82, 2.24) is 9.97 Å². The number of Topliss-reactive ketones (excluding diaryl/α,β-unsaturated/α-hetero) is 1. The molecular weight excluding hydrogens is 459 g/mol. The summed E-state index contributed by atoms with van der Waals surface area (Å²) in [6.07, 6.45) is 2.85. The van der Waals surface area contributed by atoms with Gasteiger partial charge in [0.2, 0.25) is 0 Å². The van der Waals surface area contributed by atoms with Gasteiger partial charge in [-0.3, -0.25) is 9.59 Å². The predicted molar refractivity (Wildman–Crippen MR) is 136 cm³/mol. The quantitative estimate of drug-likeness (QED) is 0.313. The predicted octanol–water partition coefficient (Wildman–Crippen LogP) is 5.99. The van der Waals surface area contributed by atoms with Crippen LogP contribution in [0.15, 0.2) is 66.9 Å². The Morgan fingerprint density at radius 2 is 1.92 bits per heavy atom. The van der Waals surface area contributed by atoms with Crippen molar-refractivity contribution in [1.29, 1.82) is 0 Å². The number of ketones is 1. The van der Waals surface area contributed by atoms with Crippen molar-refractivity contribution >= 4 is 28.9 Å². The van der Waals surface area contributed by atoms with Crippen LogP contribution in [0.2, 0.25) is 0 Å². The van der Waals surface area contributed by atoms with E-state index in [1.807, 2.05) is 36.4 Å². The molecule has 3 N–H and O–H groups in total. The Kier molecular flexibility index (Phi) is 6.25. The molecule has 1 unspecified atom stereocenters. The number of hydrogen-bond acceptors (Lipinski definition) is 5. The standard InChI is InChI=1S/C28H25FN4O3/c1-16-12-21-25(22(34)13-16)27(31-19-6-4-3-5-7-19)26(32-21)17-10-11-30-24(15-17)33-28(35)18-8-9-20(29)23(14-18)36-2/h3-11,14-16,31-32H,12-13H2,1-2H3,(H,30,33,35). The van der Waals surface area contributed by atoms with Crippen LogP contribution < -0.4 is 15.4 Å². The maximum atomic E-state index is 13.7. The Labute approximate surface area is 207 Å². The summed E-state index contributed by atoms with van der Waals surface area (Å²) in [6.45, 7) is 2.07. The number of carbonyl (C=O) groups excluding carboxylic acids is 2. The molecule has 0 saturated carbocycles. The smallest absolute Gasteiger partial charge is 0.256 e. The Morgan fingerprint density at radius 3 is 2.69 bits per heavy atom. The molecule has 8 heteroatoms. The van der Waals surface area contributed by atoms with E-state index in [1.54, 1.807) is 12.3 Å².